The molecule has 1 aromatic carbocycles. The Hall–Kier alpha value is -1.65. The Kier molecular flexibility index (Phi) is 9.11. The molecule has 4 saturated carbocycles. The number of rotatable bonds is 8. The van der Waals surface area contributed by atoms with E-state index in [-0.39, 0.29) is 45.1 Å². The van der Waals surface area contributed by atoms with Crippen LogP contribution in [0.2, 0.25) is 0 Å². The van der Waals surface area contributed by atoms with Gasteiger partial charge in [-0.1, -0.05) is 117 Å². The molecule has 0 unspecified atom stereocenters. The van der Waals surface area contributed by atoms with E-state index in [0.717, 1.165) is 44.6 Å². The maximum Gasteiger partial charge on any atom is 0.310 e. The van der Waals surface area contributed by atoms with Crippen molar-refractivity contribution in [3.8, 4) is 0 Å². The summed E-state index contributed by atoms with van der Waals surface area (Å²) in [7, 11) is 0. The molecule has 1 aromatic rings. The molecule has 1 heterocycles. The number of allylic oxidation sites excluding steroid dienone is 1. The first-order chi connectivity index (χ1) is 23.1. The van der Waals surface area contributed by atoms with Crippen LogP contribution in [0.15, 0.2) is 42.0 Å². The van der Waals surface area contributed by atoms with Crippen LogP contribution in [0.5, 0.6) is 0 Å². The number of fused-ring (bicyclic) bond motifs is 3. The molecule has 11 atom stereocenters. The zero-order chi connectivity index (χ0) is 35.0. The molecule has 4 heteroatoms. The third kappa shape index (κ3) is 5.37. The highest BCUT2D eigenvalue weighted by molar-refractivity contribution is 5.75. The highest BCUT2D eigenvalue weighted by atomic mass is 16.5. The van der Waals surface area contributed by atoms with Crippen molar-refractivity contribution in [1.82, 2.24) is 0 Å². The fourth-order valence-corrected chi connectivity index (χ4v) is 13.8. The summed E-state index contributed by atoms with van der Waals surface area (Å²) >= 11 is 0. The Morgan fingerprint density at radius 3 is 2.33 bits per heavy atom. The lowest BCUT2D eigenvalue weighted by molar-refractivity contribution is -0.254. The van der Waals surface area contributed by atoms with Gasteiger partial charge in [0.1, 0.15) is 6.61 Å². The first kappa shape index (κ1) is 35.7. The van der Waals surface area contributed by atoms with E-state index in [2.05, 4.69) is 80.5 Å². The van der Waals surface area contributed by atoms with E-state index in [1.165, 1.54) is 44.9 Å². The number of ether oxygens (including phenoxy) is 3. The lowest BCUT2D eigenvalue weighted by Gasteiger charge is -2.71. The van der Waals surface area contributed by atoms with Gasteiger partial charge in [-0.05, 0) is 108 Å². The summed E-state index contributed by atoms with van der Waals surface area (Å²) < 4.78 is 20.2. The molecule has 0 N–H and O–H groups in total. The van der Waals surface area contributed by atoms with Crippen LogP contribution in [0.25, 0.3) is 0 Å². The minimum absolute atomic E-state index is 0.0188. The Bertz CT molecular complexity index is 1410. The second-order valence-electron chi connectivity index (χ2n) is 20.0. The van der Waals surface area contributed by atoms with Crippen molar-refractivity contribution in [2.75, 3.05) is 19.8 Å². The van der Waals surface area contributed by atoms with Gasteiger partial charge >= 0.3 is 5.97 Å². The molecule has 0 aromatic heterocycles. The second-order valence-corrected chi connectivity index (χ2v) is 20.0. The molecule has 0 spiro atoms. The molecule has 4 nitrogen and oxygen atoms in total. The third-order valence-corrected chi connectivity index (χ3v) is 17.0. The Labute approximate surface area is 298 Å². The van der Waals surface area contributed by atoms with Crippen LogP contribution in [0.4, 0.5) is 0 Å². The van der Waals surface area contributed by atoms with Crippen LogP contribution in [0.1, 0.15) is 132 Å². The summed E-state index contributed by atoms with van der Waals surface area (Å²) in [6.45, 7) is 25.0. The van der Waals surface area contributed by atoms with Crippen molar-refractivity contribution in [2.24, 2.45) is 68.0 Å². The zero-order valence-corrected chi connectivity index (χ0v) is 32.5. The predicted molar refractivity (Wildman–Crippen MR) is 198 cm³/mol. The van der Waals surface area contributed by atoms with Crippen LogP contribution in [-0.4, -0.2) is 31.9 Å². The molecule has 1 aliphatic heterocycles. The number of carbonyl (C=O) groups excluding carboxylic acids is 1. The van der Waals surface area contributed by atoms with Gasteiger partial charge in [0.15, 0.2) is 0 Å². The Morgan fingerprint density at radius 2 is 1.63 bits per heavy atom. The van der Waals surface area contributed by atoms with Gasteiger partial charge in [-0.2, -0.15) is 0 Å². The maximum atomic E-state index is 14.7. The lowest BCUT2D eigenvalue weighted by atomic mass is 9.34. The van der Waals surface area contributed by atoms with Crippen molar-refractivity contribution in [3.63, 3.8) is 0 Å². The van der Waals surface area contributed by atoms with Crippen molar-refractivity contribution < 1.29 is 19.0 Å². The molecule has 1 saturated heterocycles. The molecule has 6 aliphatic rings. The molecule has 49 heavy (non-hydrogen) atoms. The summed E-state index contributed by atoms with van der Waals surface area (Å²) in [5, 5.41) is 0. The molecule has 5 fully saturated rings. The third-order valence-electron chi connectivity index (χ3n) is 17.0. The van der Waals surface area contributed by atoms with Gasteiger partial charge in [-0.25, -0.2) is 0 Å². The van der Waals surface area contributed by atoms with E-state index in [1.54, 1.807) is 5.57 Å². The topological polar surface area (TPSA) is 44.8 Å². The van der Waals surface area contributed by atoms with Crippen LogP contribution >= 0.6 is 0 Å². The molecule has 0 radical (unpaired) electrons. The van der Waals surface area contributed by atoms with Crippen molar-refractivity contribution >= 4 is 5.97 Å². The second kappa shape index (κ2) is 12.5. The fraction of sp³-hybridized carbons (Fsp3) is 0.800. The summed E-state index contributed by atoms with van der Waals surface area (Å²) in [5.74, 6) is 2.34. The largest absolute Gasteiger partial charge is 0.461 e. The quantitative estimate of drug-likeness (QED) is 0.204. The maximum absolute atomic E-state index is 14.7. The SMILES string of the molecule is CC(C)[C@@H](C)[C@@]1(C)CC[C@]2(C)[C@H]3CC[C@@H]4[C@@]5(COC[C@]4(C)[C@@H](OCC4(C)CCCC4)[C@H](C)C5)C3=CC[C@@]2(C)[C@@H]1C(=O)OCc1ccccc1. The standard InChI is InChI=1S/C45H68O4/c1-30(2)32(4)41(6)23-24-43(8)34-17-18-36-42(7)28-47-29-45(36,25-31(3)38(42)49-27-40(5)20-13-14-21-40)35(34)19-22-44(43,9)37(41)39(46)48-26-33-15-11-10-12-16-33/h10-12,15-16,19,30-32,34,36-38H,13-14,17-18,20-29H2,1-9H3/t31-,32-,34+,36+,37-,38+,41-,42+,43-,44+,45+/m1/s1. The normalized spacial score (nSPS) is 44.7. The van der Waals surface area contributed by atoms with E-state index < -0.39 is 0 Å². The molecule has 272 valence electrons. The Morgan fingerprint density at radius 1 is 0.918 bits per heavy atom. The number of hydrogen-bond acceptors (Lipinski definition) is 4. The highest BCUT2D eigenvalue weighted by Crippen LogP contribution is 2.75. The molecule has 5 aliphatic carbocycles. The predicted octanol–water partition coefficient (Wildman–Crippen LogP) is 10.8. The number of hydrogen-bond donors (Lipinski definition) is 0. The smallest absolute Gasteiger partial charge is 0.310 e. The average molecular weight is 673 g/mol. The Balaban J connectivity index is 1.23. The lowest BCUT2D eigenvalue weighted by Crippen LogP contribution is -2.69. The first-order valence-electron chi connectivity index (χ1n) is 20.2. The first-order valence-corrected chi connectivity index (χ1v) is 20.2. The summed E-state index contributed by atoms with van der Waals surface area (Å²) in [6.07, 6.45) is 15.0. The summed E-state index contributed by atoms with van der Waals surface area (Å²) in [4.78, 5) is 14.7. The minimum atomic E-state index is -0.184. The van der Waals surface area contributed by atoms with Gasteiger partial charge in [0.05, 0.1) is 31.8 Å². The summed E-state index contributed by atoms with van der Waals surface area (Å²) in [5.41, 5.74) is 2.91. The molecule has 2 bridgehead atoms. The number of carbonyl (C=O) groups is 1. The number of benzene rings is 1. The van der Waals surface area contributed by atoms with E-state index in [0.29, 0.717) is 41.6 Å². The molecular weight excluding hydrogens is 604 g/mol. The average Bonchev–Trinajstić information content (AvgIpc) is 3.50. The van der Waals surface area contributed by atoms with Crippen LogP contribution in [0.3, 0.4) is 0 Å². The van der Waals surface area contributed by atoms with Crippen LogP contribution in [0, 0.1) is 68.0 Å². The number of esters is 1. The van der Waals surface area contributed by atoms with E-state index in [9.17, 15) is 4.79 Å². The van der Waals surface area contributed by atoms with E-state index in [1.807, 2.05) is 18.2 Å². The van der Waals surface area contributed by atoms with Gasteiger partial charge in [-0.15, -0.1) is 0 Å². The van der Waals surface area contributed by atoms with Crippen molar-refractivity contribution in [2.45, 2.75) is 139 Å². The highest BCUT2D eigenvalue weighted by Gasteiger charge is 2.71. The summed E-state index contributed by atoms with van der Waals surface area (Å²) in [6, 6.07) is 10.2. The van der Waals surface area contributed by atoms with Gasteiger partial charge in [-0.3, -0.25) is 4.79 Å². The van der Waals surface area contributed by atoms with Gasteiger partial charge in [0.25, 0.3) is 0 Å². The van der Waals surface area contributed by atoms with Crippen LogP contribution < -0.4 is 0 Å². The van der Waals surface area contributed by atoms with Crippen molar-refractivity contribution in [3.05, 3.63) is 47.5 Å². The van der Waals surface area contributed by atoms with Gasteiger partial charge in [0, 0.05) is 10.8 Å². The van der Waals surface area contributed by atoms with E-state index >= 15 is 0 Å². The molecule has 7 rings (SSSR count). The monoisotopic (exact) mass is 673 g/mol. The fourth-order valence-electron chi connectivity index (χ4n) is 13.8. The van der Waals surface area contributed by atoms with E-state index in [4.69, 9.17) is 14.2 Å². The minimum Gasteiger partial charge on any atom is -0.461 e. The van der Waals surface area contributed by atoms with Gasteiger partial charge < -0.3 is 14.2 Å². The van der Waals surface area contributed by atoms with Crippen molar-refractivity contribution in [1.29, 1.82) is 0 Å². The van der Waals surface area contributed by atoms with Gasteiger partial charge in [0.2, 0.25) is 0 Å². The molecule has 0 amide bonds. The molecular formula is C45H68O4. The zero-order valence-electron chi connectivity index (χ0n) is 32.5. The van der Waals surface area contributed by atoms with Crippen LogP contribution in [-0.2, 0) is 25.6 Å².